The first-order valence-electron chi connectivity index (χ1n) is 4.14. The van der Waals surface area contributed by atoms with Crippen LogP contribution in [0.15, 0.2) is 23.2 Å². The maximum absolute atomic E-state index is 12.9. The van der Waals surface area contributed by atoms with Gasteiger partial charge in [-0.05, 0) is 18.2 Å². The molecule has 76 valence electrons. The van der Waals surface area contributed by atoms with Crippen LogP contribution in [0.25, 0.3) is 5.57 Å². The maximum Gasteiger partial charge on any atom is 0.344 e. The van der Waals surface area contributed by atoms with Gasteiger partial charge < -0.3 is 4.74 Å². The standard InChI is InChI=1S/C10H6FNO3/c1-15-10(14)8-6-4-5(11)2-3-7(6)12-9(8)13/h2-4H,1H3. The quantitative estimate of drug-likeness (QED) is 0.573. The van der Waals surface area contributed by atoms with E-state index in [1.54, 1.807) is 0 Å². The lowest BCUT2D eigenvalue weighted by Gasteiger charge is -1.95. The number of hydrogen-bond donors (Lipinski definition) is 0. The molecule has 15 heavy (non-hydrogen) atoms. The number of esters is 1. The monoisotopic (exact) mass is 207 g/mol. The summed E-state index contributed by atoms with van der Waals surface area (Å²) in [5.41, 5.74) is -0.216. The number of rotatable bonds is 1. The van der Waals surface area contributed by atoms with Crippen LogP contribution in [0.3, 0.4) is 0 Å². The molecule has 2 rings (SSSR count). The van der Waals surface area contributed by atoms with Gasteiger partial charge >= 0.3 is 5.97 Å². The summed E-state index contributed by atoms with van der Waals surface area (Å²) in [5.74, 6) is -2.02. The number of halogens is 1. The van der Waals surface area contributed by atoms with Crippen molar-refractivity contribution in [3.8, 4) is 0 Å². The van der Waals surface area contributed by atoms with Gasteiger partial charge in [-0.3, -0.25) is 4.79 Å². The lowest BCUT2D eigenvalue weighted by molar-refractivity contribution is -0.134. The first-order valence-corrected chi connectivity index (χ1v) is 4.14. The summed E-state index contributed by atoms with van der Waals surface area (Å²) in [6, 6.07) is 3.62. The van der Waals surface area contributed by atoms with Crippen LogP contribution in [0.4, 0.5) is 4.39 Å². The van der Waals surface area contributed by atoms with Crippen molar-refractivity contribution in [2.45, 2.75) is 0 Å². The molecule has 0 aliphatic carbocycles. The largest absolute Gasteiger partial charge is 0.465 e. The van der Waals surface area contributed by atoms with E-state index in [0.717, 1.165) is 13.2 Å². The number of methoxy groups -OCH3 is 1. The smallest absolute Gasteiger partial charge is 0.344 e. The lowest BCUT2D eigenvalue weighted by atomic mass is 10.2. The Balaban J connectivity index is 2.81. The predicted octanol–water partition coefficient (Wildman–Crippen LogP) is -0.691. The third-order valence-corrected chi connectivity index (χ3v) is 2.05. The number of nitrogens with zero attached hydrogens (tertiary/aromatic N) is 1. The van der Waals surface area contributed by atoms with E-state index in [9.17, 15) is 14.0 Å². The highest BCUT2D eigenvalue weighted by Gasteiger charge is 2.24. The molecule has 0 atom stereocenters. The van der Waals surface area contributed by atoms with Gasteiger partial charge in [-0.25, -0.2) is 14.2 Å². The van der Waals surface area contributed by atoms with Gasteiger partial charge in [0.25, 0.3) is 5.91 Å². The molecule has 1 aliphatic rings. The van der Waals surface area contributed by atoms with Crippen LogP contribution in [0.5, 0.6) is 0 Å². The van der Waals surface area contributed by atoms with Crippen molar-refractivity contribution in [3.05, 3.63) is 34.6 Å². The Kier molecular flexibility index (Phi) is 2.07. The van der Waals surface area contributed by atoms with E-state index in [4.69, 9.17) is 0 Å². The summed E-state index contributed by atoms with van der Waals surface area (Å²) >= 11 is 0. The molecule has 1 amide bonds. The van der Waals surface area contributed by atoms with Crippen LogP contribution in [-0.4, -0.2) is 19.0 Å². The van der Waals surface area contributed by atoms with Crippen molar-refractivity contribution in [1.29, 1.82) is 0 Å². The van der Waals surface area contributed by atoms with Gasteiger partial charge in [0.05, 0.1) is 12.5 Å². The molecule has 1 aromatic carbocycles. The minimum Gasteiger partial charge on any atom is -0.465 e. The van der Waals surface area contributed by atoms with E-state index in [1.165, 1.54) is 12.1 Å². The van der Waals surface area contributed by atoms with Gasteiger partial charge in [0.15, 0.2) is 0 Å². The number of fused-ring (bicyclic) bond motifs is 1. The van der Waals surface area contributed by atoms with E-state index in [-0.39, 0.29) is 10.8 Å². The molecular formula is C10H6FNO3. The van der Waals surface area contributed by atoms with E-state index in [1.807, 2.05) is 0 Å². The fourth-order valence-electron chi connectivity index (χ4n) is 1.39. The molecule has 0 unspecified atom stereocenters. The highest BCUT2D eigenvalue weighted by Crippen LogP contribution is 2.03. The Morgan fingerprint density at radius 1 is 1.47 bits per heavy atom. The van der Waals surface area contributed by atoms with Crippen LogP contribution in [0.1, 0.15) is 0 Å². The molecular weight excluding hydrogens is 201 g/mol. The minimum absolute atomic E-state index is 0.187. The van der Waals surface area contributed by atoms with Crippen molar-refractivity contribution in [3.63, 3.8) is 0 Å². The van der Waals surface area contributed by atoms with Crippen molar-refractivity contribution < 1.29 is 18.7 Å². The van der Waals surface area contributed by atoms with Gasteiger partial charge in [-0.2, -0.15) is 0 Å². The van der Waals surface area contributed by atoms with E-state index in [0.29, 0.717) is 5.36 Å². The summed E-state index contributed by atoms with van der Waals surface area (Å²) < 4.78 is 17.3. The Bertz CT molecular complexity index is 577. The van der Waals surface area contributed by atoms with Gasteiger partial charge in [0.2, 0.25) is 0 Å². The van der Waals surface area contributed by atoms with E-state index in [2.05, 4.69) is 9.73 Å². The molecule has 0 bridgehead atoms. The summed E-state index contributed by atoms with van der Waals surface area (Å²) in [6.07, 6.45) is 0. The third kappa shape index (κ3) is 1.41. The van der Waals surface area contributed by atoms with Gasteiger partial charge in [0, 0.05) is 5.22 Å². The Morgan fingerprint density at radius 2 is 2.20 bits per heavy atom. The second-order valence-corrected chi connectivity index (χ2v) is 2.95. The fourth-order valence-corrected chi connectivity index (χ4v) is 1.39. The minimum atomic E-state index is -0.798. The zero-order valence-corrected chi connectivity index (χ0v) is 7.78. The SMILES string of the molecule is COC(=O)C1=c2cc(F)ccc2=NC1=O. The first-order chi connectivity index (χ1) is 7.13. The van der Waals surface area contributed by atoms with Crippen LogP contribution < -0.4 is 10.6 Å². The van der Waals surface area contributed by atoms with Gasteiger partial charge in [0.1, 0.15) is 11.4 Å². The van der Waals surface area contributed by atoms with Crippen LogP contribution >= 0.6 is 0 Å². The highest BCUT2D eigenvalue weighted by molar-refractivity contribution is 6.39. The summed E-state index contributed by atoms with van der Waals surface area (Å²) in [6.45, 7) is 0. The van der Waals surface area contributed by atoms with Crippen LogP contribution in [-0.2, 0) is 14.3 Å². The zero-order valence-electron chi connectivity index (χ0n) is 7.78. The molecule has 0 N–H and O–H groups in total. The topological polar surface area (TPSA) is 55.7 Å². The first kappa shape index (κ1) is 9.51. The number of hydrogen-bond acceptors (Lipinski definition) is 3. The van der Waals surface area contributed by atoms with Crippen LogP contribution in [0.2, 0.25) is 0 Å². The number of carbonyl (C=O) groups excluding carboxylic acids is 2. The molecule has 1 aromatic rings. The molecule has 4 nitrogen and oxygen atoms in total. The summed E-state index contributed by atoms with van der Waals surface area (Å²) in [7, 11) is 1.15. The average Bonchev–Trinajstić information content (AvgIpc) is 2.52. The molecule has 1 heterocycles. The fraction of sp³-hybridized carbons (Fsp3) is 0.100. The molecule has 0 saturated carbocycles. The Labute approximate surface area is 83.7 Å². The van der Waals surface area contributed by atoms with Crippen molar-refractivity contribution in [2.75, 3.05) is 7.11 Å². The van der Waals surface area contributed by atoms with Crippen molar-refractivity contribution in [1.82, 2.24) is 0 Å². The van der Waals surface area contributed by atoms with Crippen LogP contribution in [0, 0.1) is 5.82 Å². The summed E-state index contributed by atoms with van der Waals surface area (Å²) in [4.78, 5) is 26.2. The second-order valence-electron chi connectivity index (χ2n) is 2.95. The molecule has 1 aliphatic heterocycles. The van der Waals surface area contributed by atoms with Gasteiger partial charge in [-0.15, -0.1) is 0 Å². The molecule has 0 radical (unpaired) electrons. The predicted molar refractivity (Wildman–Crippen MR) is 47.6 cm³/mol. The lowest BCUT2D eigenvalue weighted by Crippen LogP contribution is -2.26. The number of benzene rings is 1. The zero-order chi connectivity index (χ0) is 11.0. The number of ether oxygens (including phenoxy) is 1. The van der Waals surface area contributed by atoms with E-state index >= 15 is 0 Å². The number of carbonyl (C=O) groups is 2. The van der Waals surface area contributed by atoms with E-state index < -0.39 is 17.7 Å². The molecule has 0 aromatic heterocycles. The normalized spacial score (nSPS) is 13.5. The molecule has 0 spiro atoms. The third-order valence-electron chi connectivity index (χ3n) is 2.05. The molecule has 5 heteroatoms. The summed E-state index contributed by atoms with van der Waals surface area (Å²) in [5, 5.41) is 0.480. The van der Waals surface area contributed by atoms with Gasteiger partial charge in [-0.1, -0.05) is 0 Å². The molecule has 0 saturated heterocycles. The Hall–Kier alpha value is -2.04. The Morgan fingerprint density at radius 3 is 2.87 bits per heavy atom. The maximum atomic E-state index is 12.9. The molecule has 0 fully saturated rings. The van der Waals surface area contributed by atoms with Crippen molar-refractivity contribution >= 4 is 17.4 Å². The second kappa shape index (κ2) is 3.27. The number of amides is 1. The highest BCUT2D eigenvalue weighted by atomic mass is 19.1. The van der Waals surface area contributed by atoms with Crippen molar-refractivity contribution in [2.24, 2.45) is 4.99 Å². The average molecular weight is 207 g/mol.